The summed E-state index contributed by atoms with van der Waals surface area (Å²) in [5.74, 6) is -0.378. The number of para-hydroxylation sites is 1. The third kappa shape index (κ3) is 2.22. The summed E-state index contributed by atoms with van der Waals surface area (Å²) < 4.78 is 28.3. The summed E-state index contributed by atoms with van der Waals surface area (Å²) in [4.78, 5) is 15.5. The Balaban J connectivity index is 1.92. The molecule has 0 bridgehead atoms. The minimum absolute atomic E-state index is 0.108. The third-order valence-electron chi connectivity index (χ3n) is 5.14. The topological polar surface area (TPSA) is 57.7 Å². The van der Waals surface area contributed by atoms with E-state index in [1.807, 2.05) is 24.1 Å². The van der Waals surface area contributed by atoms with Crippen LogP contribution in [0.2, 0.25) is 0 Å². The SMILES string of the molecule is CN1CCC[C@@]12C(=O)N(S(=O)(=O)c1ccc(Br)cc1)c1ccccc12. The number of rotatable bonds is 2. The van der Waals surface area contributed by atoms with Gasteiger partial charge in [0.25, 0.3) is 15.9 Å². The van der Waals surface area contributed by atoms with E-state index in [0.29, 0.717) is 12.1 Å². The van der Waals surface area contributed by atoms with Gasteiger partial charge in [-0.1, -0.05) is 34.1 Å². The molecule has 0 aliphatic carbocycles. The number of fused-ring (bicyclic) bond motifs is 2. The van der Waals surface area contributed by atoms with Crippen molar-refractivity contribution in [2.45, 2.75) is 23.3 Å². The van der Waals surface area contributed by atoms with Gasteiger partial charge in [0.2, 0.25) is 0 Å². The molecule has 2 aliphatic rings. The normalized spacial score (nSPS) is 23.4. The number of likely N-dealkylation sites (N-methyl/N-ethyl adjacent to an activating group) is 1. The van der Waals surface area contributed by atoms with Gasteiger partial charge in [0, 0.05) is 10.0 Å². The summed E-state index contributed by atoms with van der Waals surface area (Å²) in [7, 11) is -2.08. The van der Waals surface area contributed by atoms with Crippen molar-refractivity contribution in [3.05, 3.63) is 58.6 Å². The van der Waals surface area contributed by atoms with Crippen LogP contribution in [0.1, 0.15) is 18.4 Å². The summed E-state index contributed by atoms with van der Waals surface area (Å²) in [5.41, 5.74) is 0.365. The number of sulfonamides is 1. The fourth-order valence-electron chi connectivity index (χ4n) is 3.91. The summed E-state index contributed by atoms with van der Waals surface area (Å²) in [6, 6.07) is 13.6. The Morgan fingerprint density at radius 2 is 1.76 bits per heavy atom. The fourth-order valence-corrected chi connectivity index (χ4v) is 5.65. The molecule has 0 unspecified atom stereocenters. The molecular weight excluding hydrogens is 404 g/mol. The molecule has 1 spiro atoms. The zero-order valence-electron chi connectivity index (χ0n) is 13.6. The van der Waals surface area contributed by atoms with Crippen LogP contribution in [0.15, 0.2) is 57.9 Å². The van der Waals surface area contributed by atoms with Crippen molar-refractivity contribution in [3.63, 3.8) is 0 Å². The predicted octanol–water partition coefficient (Wildman–Crippen LogP) is 3.11. The van der Waals surface area contributed by atoms with Gasteiger partial charge in [-0.3, -0.25) is 9.69 Å². The van der Waals surface area contributed by atoms with Gasteiger partial charge in [-0.2, -0.15) is 0 Å². The number of amides is 1. The van der Waals surface area contributed by atoms with Crippen LogP contribution in [-0.2, 0) is 20.4 Å². The Morgan fingerprint density at radius 3 is 2.40 bits per heavy atom. The second kappa shape index (κ2) is 5.65. The van der Waals surface area contributed by atoms with Crippen LogP contribution in [0, 0.1) is 0 Å². The van der Waals surface area contributed by atoms with E-state index >= 15 is 0 Å². The molecule has 0 aromatic heterocycles. The Hall–Kier alpha value is -1.70. The standard InChI is InChI=1S/C18H17BrN2O3S/c1-20-12-4-11-18(20)15-5-2-3-6-16(15)21(17(18)22)25(23,24)14-9-7-13(19)8-10-14/h2-3,5-10H,4,11-12H2,1H3/t18-/m1/s1. The van der Waals surface area contributed by atoms with Crippen LogP contribution in [0.3, 0.4) is 0 Å². The van der Waals surface area contributed by atoms with Crippen molar-refractivity contribution >= 4 is 37.5 Å². The van der Waals surface area contributed by atoms with Gasteiger partial charge in [-0.05, 0) is 56.8 Å². The molecule has 2 aliphatic heterocycles. The van der Waals surface area contributed by atoms with Crippen LogP contribution in [0.5, 0.6) is 0 Å². The van der Waals surface area contributed by atoms with Crippen molar-refractivity contribution in [3.8, 4) is 0 Å². The predicted molar refractivity (Wildman–Crippen MR) is 98.8 cm³/mol. The largest absolute Gasteiger partial charge is 0.289 e. The van der Waals surface area contributed by atoms with Gasteiger partial charge in [-0.15, -0.1) is 0 Å². The van der Waals surface area contributed by atoms with E-state index in [9.17, 15) is 13.2 Å². The van der Waals surface area contributed by atoms with E-state index in [1.54, 1.807) is 24.3 Å². The molecular formula is C18H17BrN2O3S. The maximum atomic E-state index is 13.4. The summed E-state index contributed by atoms with van der Waals surface area (Å²) in [6.07, 6.45) is 1.49. The Kier molecular flexibility index (Phi) is 3.79. The van der Waals surface area contributed by atoms with Crippen LogP contribution in [-0.4, -0.2) is 32.8 Å². The molecule has 1 fully saturated rings. The molecule has 2 aromatic carbocycles. The van der Waals surface area contributed by atoms with E-state index in [4.69, 9.17) is 0 Å². The van der Waals surface area contributed by atoms with E-state index in [2.05, 4.69) is 15.9 Å². The van der Waals surface area contributed by atoms with Gasteiger partial charge < -0.3 is 0 Å². The molecule has 0 N–H and O–H groups in total. The van der Waals surface area contributed by atoms with Crippen LogP contribution < -0.4 is 4.31 Å². The fraction of sp³-hybridized carbons (Fsp3) is 0.278. The molecule has 0 radical (unpaired) electrons. The summed E-state index contributed by atoms with van der Waals surface area (Å²) in [6.45, 7) is 0.770. The number of nitrogens with zero attached hydrogens (tertiary/aromatic N) is 2. The van der Waals surface area contributed by atoms with E-state index in [0.717, 1.165) is 27.3 Å². The first-order valence-electron chi connectivity index (χ1n) is 8.05. The first kappa shape index (κ1) is 16.8. The molecule has 130 valence electrons. The molecule has 5 nitrogen and oxygen atoms in total. The number of hydrogen-bond acceptors (Lipinski definition) is 4. The van der Waals surface area contributed by atoms with Crippen molar-refractivity contribution in [2.24, 2.45) is 0 Å². The molecule has 0 saturated carbocycles. The summed E-state index contributed by atoms with van der Waals surface area (Å²) >= 11 is 3.31. The Labute approximate surface area is 155 Å². The zero-order valence-corrected chi connectivity index (χ0v) is 16.0. The number of carbonyl (C=O) groups excluding carboxylic acids is 1. The molecule has 1 saturated heterocycles. The van der Waals surface area contributed by atoms with Crippen LogP contribution in [0.4, 0.5) is 5.69 Å². The van der Waals surface area contributed by atoms with Gasteiger partial charge >= 0.3 is 0 Å². The van der Waals surface area contributed by atoms with Gasteiger partial charge in [0.05, 0.1) is 10.6 Å². The van der Waals surface area contributed by atoms with Gasteiger partial charge in [-0.25, -0.2) is 12.7 Å². The maximum absolute atomic E-state index is 13.4. The minimum atomic E-state index is -3.97. The smallest absolute Gasteiger partial charge is 0.270 e. The van der Waals surface area contributed by atoms with E-state index in [-0.39, 0.29) is 10.8 Å². The second-order valence-corrected chi connectivity index (χ2v) is 9.13. The average molecular weight is 421 g/mol. The number of likely N-dealkylation sites (tertiary alicyclic amines) is 1. The molecule has 7 heteroatoms. The first-order valence-corrected chi connectivity index (χ1v) is 10.3. The lowest BCUT2D eigenvalue weighted by molar-refractivity contribution is -0.126. The lowest BCUT2D eigenvalue weighted by Gasteiger charge is -2.30. The minimum Gasteiger partial charge on any atom is -0.289 e. The molecule has 2 heterocycles. The van der Waals surface area contributed by atoms with Crippen LogP contribution >= 0.6 is 15.9 Å². The lowest BCUT2D eigenvalue weighted by Crippen LogP contribution is -2.49. The van der Waals surface area contributed by atoms with E-state index < -0.39 is 15.6 Å². The third-order valence-corrected chi connectivity index (χ3v) is 7.38. The highest BCUT2D eigenvalue weighted by Crippen LogP contribution is 2.50. The molecule has 1 atom stereocenters. The van der Waals surface area contributed by atoms with Crippen molar-refractivity contribution in [2.75, 3.05) is 17.9 Å². The lowest BCUT2D eigenvalue weighted by atomic mass is 9.89. The number of benzene rings is 2. The summed E-state index contributed by atoms with van der Waals surface area (Å²) in [5, 5.41) is 0. The monoisotopic (exact) mass is 420 g/mol. The molecule has 4 rings (SSSR count). The number of anilines is 1. The van der Waals surface area contributed by atoms with Gasteiger partial charge in [0.1, 0.15) is 5.54 Å². The highest BCUT2D eigenvalue weighted by atomic mass is 79.9. The first-order chi connectivity index (χ1) is 11.9. The van der Waals surface area contributed by atoms with Crippen LogP contribution in [0.25, 0.3) is 0 Å². The Bertz CT molecular complexity index is 959. The molecule has 25 heavy (non-hydrogen) atoms. The van der Waals surface area contributed by atoms with Crippen molar-refractivity contribution in [1.82, 2.24) is 4.90 Å². The highest BCUT2D eigenvalue weighted by molar-refractivity contribution is 9.10. The quantitative estimate of drug-likeness (QED) is 0.748. The molecule has 2 aromatic rings. The Morgan fingerprint density at radius 1 is 1.08 bits per heavy atom. The highest BCUT2D eigenvalue weighted by Gasteiger charge is 2.58. The average Bonchev–Trinajstić information content (AvgIpc) is 3.09. The van der Waals surface area contributed by atoms with E-state index in [1.165, 1.54) is 12.1 Å². The zero-order chi connectivity index (χ0) is 17.8. The molecule has 1 amide bonds. The van der Waals surface area contributed by atoms with Crippen molar-refractivity contribution in [1.29, 1.82) is 0 Å². The number of carbonyl (C=O) groups is 1. The van der Waals surface area contributed by atoms with Crippen molar-refractivity contribution < 1.29 is 13.2 Å². The maximum Gasteiger partial charge on any atom is 0.270 e. The second-order valence-electron chi connectivity index (χ2n) is 6.43. The van der Waals surface area contributed by atoms with Gasteiger partial charge in [0.15, 0.2) is 0 Å². The number of hydrogen-bond donors (Lipinski definition) is 0. The number of halogens is 1.